The molecule has 4 rings (SSSR count). The molecule has 0 amide bonds. The number of alkyl halides is 3. The Morgan fingerprint density at radius 1 is 1.34 bits per heavy atom. The number of nitro benzene ring substituents is 1. The van der Waals surface area contributed by atoms with Gasteiger partial charge in [0.15, 0.2) is 0 Å². The average Bonchev–Trinajstić information content (AvgIpc) is 3.15. The number of aliphatic hydroxyl groups is 1. The predicted octanol–water partition coefficient (Wildman–Crippen LogP) is 3.75. The van der Waals surface area contributed by atoms with Crippen molar-refractivity contribution in [2.45, 2.75) is 25.7 Å². The van der Waals surface area contributed by atoms with E-state index in [4.69, 9.17) is 11.6 Å². The zero-order valence-electron chi connectivity index (χ0n) is 16.7. The number of non-ortho nitro benzene ring substituents is 1. The summed E-state index contributed by atoms with van der Waals surface area (Å²) in [7, 11) is 0. The Morgan fingerprint density at radius 3 is 2.69 bits per heavy atom. The predicted molar refractivity (Wildman–Crippen MR) is 112 cm³/mol. The molecule has 0 aliphatic carbocycles. The van der Waals surface area contributed by atoms with E-state index in [9.17, 15) is 28.4 Å². The van der Waals surface area contributed by atoms with E-state index in [0.717, 1.165) is 6.07 Å². The highest BCUT2D eigenvalue weighted by atomic mass is 35.5. The first-order valence-electron chi connectivity index (χ1n) is 9.60. The number of H-pyrrole nitrogens is 1. The minimum absolute atomic E-state index is 0.0584. The zero-order chi connectivity index (χ0) is 23.2. The lowest BCUT2D eigenvalue weighted by Gasteiger charge is -2.40. The summed E-state index contributed by atoms with van der Waals surface area (Å²) in [6.45, 7) is 3.12. The maximum Gasteiger partial charge on any atom is 0.416 e. The molecular formula is C19H18ClF3N6O3. The third-order valence-electron chi connectivity index (χ3n) is 5.34. The fourth-order valence-electron chi connectivity index (χ4n) is 3.78. The van der Waals surface area contributed by atoms with Crippen LogP contribution in [-0.2, 0) is 12.8 Å². The summed E-state index contributed by atoms with van der Waals surface area (Å²) >= 11 is 6.29. The molecule has 1 atom stereocenters. The van der Waals surface area contributed by atoms with Crippen molar-refractivity contribution in [3.8, 4) is 0 Å². The van der Waals surface area contributed by atoms with E-state index in [1.807, 2.05) is 16.7 Å². The zero-order valence-corrected chi connectivity index (χ0v) is 17.5. The molecule has 170 valence electrons. The highest BCUT2D eigenvalue weighted by Gasteiger charge is 2.35. The third-order valence-corrected chi connectivity index (χ3v) is 5.62. The molecule has 3 heterocycles. The van der Waals surface area contributed by atoms with Crippen LogP contribution in [0.4, 0.5) is 30.6 Å². The van der Waals surface area contributed by atoms with E-state index < -0.39 is 22.4 Å². The number of pyridine rings is 1. The second-order valence-corrected chi connectivity index (χ2v) is 7.91. The molecule has 1 fully saturated rings. The first-order valence-corrected chi connectivity index (χ1v) is 9.98. The van der Waals surface area contributed by atoms with E-state index in [1.54, 1.807) is 6.07 Å². The van der Waals surface area contributed by atoms with Crippen molar-refractivity contribution < 1.29 is 23.2 Å². The highest BCUT2D eigenvalue weighted by Crippen LogP contribution is 2.37. The SMILES string of the molecule is C[C@@H]1CN(c2ncc(CO)cc2Cl)CCN1c1nc2cc(C(F)(F)F)cc([N+](=O)[O-])c2[nH]1. The molecule has 1 aliphatic rings. The molecular weight excluding hydrogens is 453 g/mol. The van der Waals surface area contributed by atoms with Gasteiger partial charge in [-0.05, 0) is 24.6 Å². The van der Waals surface area contributed by atoms with Crippen molar-refractivity contribution in [1.82, 2.24) is 15.0 Å². The standard InChI is InChI=1S/C19H18ClF3N6O3/c1-10-8-27(17-13(20)4-11(9-30)7-24-17)2-3-28(10)18-25-14-5-12(19(21,22)23)6-15(29(31)32)16(14)26-18/h4-7,10,30H,2-3,8-9H2,1H3,(H,25,26)/t10-/m1/s1. The van der Waals surface area contributed by atoms with E-state index in [-0.39, 0.29) is 29.6 Å². The molecule has 9 nitrogen and oxygen atoms in total. The fraction of sp³-hybridized carbons (Fsp3) is 0.368. The highest BCUT2D eigenvalue weighted by molar-refractivity contribution is 6.33. The van der Waals surface area contributed by atoms with Crippen molar-refractivity contribution in [3.63, 3.8) is 0 Å². The quantitative estimate of drug-likeness (QED) is 0.441. The third kappa shape index (κ3) is 4.02. The summed E-state index contributed by atoms with van der Waals surface area (Å²) in [4.78, 5) is 25.6. The molecule has 2 N–H and O–H groups in total. The second kappa shape index (κ2) is 8.10. The maximum atomic E-state index is 13.2. The van der Waals surface area contributed by atoms with Crippen molar-refractivity contribution in [2.75, 3.05) is 29.4 Å². The van der Waals surface area contributed by atoms with Gasteiger partial charge in [0.25, 0.3) is 5.69 Å². The monoisotopic (exact) mass is 470 g/mol. The average molecular weight is 471 g/mol. The maximum absolute atomic E-state index is 13.2. The number of nitro groups is 1. The van der Waals surface area contributed by atoms with E-state index >= 15 is 0 Å². The Morgan fingerprint density at radius 2 is 2.09 bits per heavy atom. The Balaban J connectivity index is 1.63. The van der Waals surface area contributed by atoms with Gasteiger partial charge in [-0.1, -0.05) is 11.6 Å². The van der Waals surface area contributed by atoms with Crippen LogP contribution in [0, 0.1) is 10.1 Å². The lowest BCUT2D eigenvalue weighted by Crippen LogP contribution is -2.52. The van der Waals surface area contributed by atoms with Crippen LogP contribution >= 0.6 is 11.6 Å². The number of fused-ring (bicyclic) bond motifs is 1. The Hall–Kier alpha value is -3.12. The van der Waals surface area contributed by atoms with Crippen molar-refractivity contribution in [3.05, 3.63) is 50.7 Å². The molecule has 1 aromatic carbocycles. The van der Waals surface area contributed by atoms with Gasteiger partial charge in [-0.25, -0.2) is 9.97 Å². The summed E-state index contributed by atoms with van der Waals surface area (Å²) in [6, 6.07) is 2.79. The molecule has 0 unspecified atom stereocenters. The minimum Gasteiger partial charge on any atom is -0.392 e. The van der Waals surface area contributed by atoms with Gasteiger partial charge in [0.2, 0.25) is 5.95 Å². The number of hydrogen-bond acceptors (Lipinski definition) is 7. The van der Waals surface area contributed by atoms with Crippen LogP contribution in [0.15, 0.2) is 24.4 Å². The van der Waals surface area contributed by atoms with Gasteiger partial charge in [0.1, 0.15) is 11.3 Å². The van der Waals surface area contributed by atoms with Crippen LogP contribution in [0.1, 0.15) is 18.1 Å². The van der Waals surface area contributed by atoms with Gasteiger partial charge >= 0.3 is 6.18 Å². The van der Waals surface area contributed by atoms with Gasteiger partial charge < -0.3 is 19.9 Å². The van der Waals surface area contributed by atoms with Crippen LogP contribution in [0.2, 0.25) is 5.02 Å². The molecule has 2 aromatic heterocycles. The number of aromatic amines is 1. The van der Waals surface area contributed by atoms with Crippen molar-refractivity contribution in [1.29, 1.82) is 0 Å². The molecule has 0 spiro atoms. The lowest BCUT2D eigenvalue weighted by atomic mass is 10.1. The number of aliphatic hydroxyl groups excluding tert-OH is 1. The van der Waals surface area contributed by atoms with Crippen molar-refractivity contribution in [2.24, 2.45) is 0 Å². The number of benzene rings is 1. The topological polar surface area (TPSA) is 111 Å². The van der Waals surface area contributed by atoms with Gasteiger partial charge in [-0.15, -0.1) is 0 Å². The number of imidazole rings is 1. The fourth-order valence-corrected chi connectivity index (χ4v) is 4.09. The number of nitrogens with zero attached hydrogens (tertiary/aromatic N) is 5. The number of anilines is 2. The van der Waals surface area contributed by atoms with Gasteiger partial charge in [0, 0.05) is 37.9 Å². The molecule has 13 heteroatoms. The molecule has 0 bridgehead atoms. The number of piperazine rings is 1. The number of nitrogens with one attached hydrogen (secondary N) is 1. The van der Waals surface area contributed by atoms with Gasteiger partial charge in [-0.3, -0.25) is 10.1 Å². The smallest absolute Gasteiger partial charge is 0.392 e. The first-order chi connectivity index (χ1) is 15.1. The largest absolute Gasteiger partial charge is 0.416 e. The summed E-state index contributed by atoms with van der Waals surface area (Å²) in [5, 5.41) is 21.0. The van der Waals surface area contributed by atoms with Crippen molar-refractivity contribution >= 4 is 40.1 Å². The van der Waals surface area contributed by atoms with Crippen LogP contribution in [0.25, 0.3) is 11.0 Å². The Kier molecular flexibility index (Phi) is 5.59. The molecule has 0 saturated carbocycles. The lowest BCUT2D eigenvalue weighted by molar-refractivity contribution is -0.383. The summed E-state index contributed by atoms with van der Waals surface area (Å²) in [5.74, 6) is 0.815. The first kappa shape index (κ1) is 22.1. The van der Waals surface area contributed by atoms with E-state index in [2.05, 4.69) is 15.0 Å². The number of halogens is 4. The molecule has 32 heavy (non-hydrogen) atoms. The molecule has 1 saturated heterocycles. The number of rotatable bonds is 4. The van der Waals surface area contributed by atoms with Gasteiger partial charge in [-0.2, -0.15) is 13.2 Å². The molecule has 0 radical (unpaired) electrons. The minimum atomic E-state index is -4.73. The summed E-state index contributed by atoms with van der Waals surface area (Å²) in [5.41, 5.74) is -1.40. The van der Waals surface area contributed by atoms with E-state index in [1.165, 1.54) is 6.20 Å². The van der Waals surface area contributed by atoms with E-state index in [0.29, 0.717) is 42.1 Å². The van der Waals surface area contributed by atoms with Crippen LogP contribution < -0.4 is 9.80 Å². The molecule has 1 aliphatic heterocycles. The summed E-state index contributed by atoms with van der Waals surface area (Å²) in [6.07, 6.45) is -3.19. The molecule has 3 aromatic rings. The summed E-state index contributed by atoms with van der Waals surface area (Å²) < 4.78 is 39.5. The normalized spacial score (nSPS) is 17.2. The van der Waals surface area contributed by atoms with Crippen LogP contribution in [0.5, 0.6) is 0 Å². The Labute approximate surface area is 184 Å². The van der Waals surface area contributed by atoms with Gasteiger partial charge in [0.05, 0.1) is 27.6 Å². The number of aromatic nitrogens is 3. The van der Waals surface area contributed by atoms with Crippen LogP contribution in [0.3, 0.4) is 0 Å². The van der Waals surface area contributed by atoms with Crippen LogP contribution in [-0.4, -0.2) is 50.7 Å². The number of hydrogen-bond donors (Lipinski definition) is 2. The second-order valence-electron chi connectivity index (χ2n) is 7.50. The Bertz CT molecular complexity index is 1190.